The highest BCUT2D eigenvalue weighted by molar-refractivity contribution is 6.29. The van der Waals surface area contributed by atoms with E-state index in [4.69, 9.17) is 30.5 Å². The lowest BCUT2D eigenvalue weighted by Gasteiger charge is -2.14. The molecule has 1 heterocycles. The van der Waals surface area contributed by atoms with Crippen LogP contribution in [0, 0.1) is 0 Å². The fourth-order valence-corrected chi connectivity index (χ4v) is 3.01. The molecule has 0 bridgehead atoms. The van der Waals surface area contributed by atoms with Gasteiger partial charge in [-0.25, -0.2) is 14.6 Å². The van der Waals surface area contributed by atoms with E-state index < -0.39 is 11.9 Å². The minimum Gasteiger partial charge on any atom is -0.493 e. The third-order valence-corrected chi connectivity index (χ3v) is 4.38. The number of benzene rings is 2. The number of hydrogen-bond acceptors (Lipinski definition) is 9. The van der Waals surface area contributed by atoms with Crippen molar-refractivity contribution in [1.82, 2.24) is 9.97 Å². The Morgan fingerprint density at radius 1 is 0.833 bits per heavy atom. The van der Waals surface area contributed by atoms with Crippen molar-refractivity contribution in [2.24, 2.45) is 0 Å². The Morgan fingerprint density at radius 2 is 1.40 bits per heavy atom. The Hall–Kier alpha value is -3.59. The molecule has 0 saturated heterocycles. The first-order valence-corrected chi connectivity index (χ1v) is 8.96. The molecule has 2 aromatic carbocycles. The van der Waals surface area contributed by atoms with E-state index in [1.807, 2.05) is 0 Å². The lowest BCUT2D eigenvalue weighted by molar-refractivity contribution is 0.0599. The van der Waals surface area contributed by atoms with Crippen LogP contribution in [0.15, 0.2) is 30.3 Å². The summed E-state index contributed by atoms with van der Waals surface area (Å²) in [5.74, 6) is 0.0641. The van der Waals surface area contributed by atoms with Crippen molar-refractivity contribution < 1.29 is 28.5 Å². The molecule has 156 valence electrons. The number of rotatable bonds is 6. The van der Waals surface area contributed by atoms with E-state index in [9.17, 15) is 9.59 Å². The van der Waals surface area contributed by atoms with Crippen molar-refractivity contribution in [3.8, 4) is 11.5 Å². The molecule has 3 aromatic rings. The minimum atomic E-state index is -0.610. The van der Waals surface area contributed by atoms with Gasteiger partial charge in [0.1, 0.15) is 5.82 Å². The summed E-state index contributed by atoms with van der Waals surface area (Å²) in [6.45, 7) is 0. The molecule has 1 aromatic heterocycles. The summed E-state index contributed by atoms with van der Waals surface area (Å²) in [5.41, 5.74) is 1.22. The molecule has 0 amide bonds. The minimum absolute atomic E-state index is 0.00506. The average Bonchev–Trinajstić information content (AvgIpc) is 2.76. The molecular weight excluding hydrogens is 414 g/mol. The quantitative estimate of drug-likeness (QED) is 0.462. The van der Waals surface area contributed by atoms with Crippen LogP contribution in [-0.2, 0) is 9.47 Å². The zero-order valence-corrected chi connectivity index (χ0v) is 17.4. The van der Waals surface area contributed by atoms with Crippen molar-refractivity contribution in [1.29, 1.82) is 0 Å². The zero-order valence-electron chi connectivity index (χ0n) is 16.6. The molecule has 30 heavy (non-hydrogen) atoms. The Labute approximate surface area is 176 Å². The van der Waals surface area contributed by atoms with Crippen LogP contribution in [0.3, 0.4) is 0 Å². The monoisotopic (exact) mass is 431 g/mol. The first kappa shape index (κ1) is 21.1. The van der Waals surface area contributed by atoms with Crippen LogP contribution in [0.2, 0.25) is 5.28 Å². The van der Waals surface area contributed by atoms with Gasteiger partial charge in [-0.1, -0.05) is 0 Å². The Kier molecular flexibility index (Phi) is 6.22. The van der Waals surface area contributed by atoms with E-state index in [1.54, 1.807) is 12.1 Å². The first-order chi connectivity index (χ1) is 14.4. The van der Waals surface area contributed by atoms with Crippen LogP contribution in [0.4, 0.5) is 11.5 Å². The number of ether oxygens (including phenoxy) is 4. The molecular formula is C20H18ClN3O6. The summed E-state index contributed by atoms with van der Waals surface area (Å²) in [7, 11) is 5.52. The van der Waals surface area contributed by atoms with Crippen LogP contribution in [-0.4, -0.2) is 50.3 Å². The molecule has 0 spiro atoms. The van der Waals surface area contributed by atoms with Gasteiger partial charge in [-0.2, -0.15) is 4.98 Å². The van der Waals surface area contributed by atoms with Crippen LogP contribution in [0.1, 0.15) is 20.7 Å². The summed E-state index contributed by atoms with van der Waals surface area (Å²) in [5, 5.41) is 3.65. The normalized spacial score (nSPS) is 10.4. The van der Waals surface area contributed by atoms with Gasteiger partial charge >= 0.3 is 11.9 Å². The molecule has 0 radical (unpaired) electrons. The molecule has 3 rings (SSSR count). The maximum atomic E-state index is 12.0. The summed E-state index contributed by atoms with van der Waals surface area (Å²) in [6, 6.07) is 7.76. The van der Waals surface area contributed by atoms with Gasteiger partial charge in [0.05, 0.1) is 45.1 Å². The van der Waals surface area contributed by atoms with Gasteiger partial charge in [0.2, 0.25) is 5.28 Å². The number of nitrogens with one attached hydrogen (secondary N) is 1. The van der Waals surface area contributed by atoms with Crippen molar-refractivity contribution in [3.05, 3.63) is 46.7 Å². The molecule has 0 atom stereocenters. The van der Waals surface area contributed by atoms with Crippen molar-refractivity contribution in [2.75, 3.05) is 33.8 Å². The molecule has 1 N–H and O–H groups in total. The summed E-state index contributed by atoms with van der Waals surface area (Å²) in [6.07, 6.45) is 0. The van der Waals surface area contributed by atoms with E-state index >= 15 is 0 Å². The topological polar surface area (TPSA) is 109 Å². The standard InChI is InChI=1S/C20H18ClN3O6/c1-27-15-8-13-14(9-16(15)28-2)23-20(21)24-17(13)22-12-6-10(18(25)29-3)5-11(7-12)19(26)30-4/h5-9H,1-4H3,(H,22,23,24). The van der Waals surface area contributed by atoms with E-state index in [0.29, 0.717) is 33.9 Å². The van der Waals surface area contributed by atoms with Gasteiger partial charge in [-0.05, 0) is 35.9 Å². The summed E-state index contributed by atoms with van der Waals surface area (Å²) >= 11 is 6.09. The smallest absolute Gasteiger partial charge is 0.337 e. The lowest BCUT2D eigenvalue weighted by atomic mass is 10.1. The molecule has 10 heteroatoms. The fourth-order valence-electron chi connectivity index (χ4n) is 2.83. The third-order valence-electron chi connectivity index (χ3n) is 4.21. The summed E-state index contributed by atoms with van der Waals surface area (Å²) in [4.78, 5) is 32.5. The number of nitrogens with zero attached hydrogens (tertiary/aromatic N) is 2. The largest absolute Gasteiger partial charge is 0.493 e. The third kappa shape index (κ3) is 4.20. The molecule has 0 aliphatic rings. The number of halogens is 1. The van der Waals surface area contributed by atoms with E-state index in [0.717, 1.165) is 0 Å². The molecule has 9 nitrogen and oxygen atoms in total. The number of anilines is 2. The van der Waals surface area contributed by atoms with Crippen molar-refractivity contribution >= 4 is 45.9 Å². The highest BCUT2D eigenvalue weighted by atomic mass is 35.5. The highest BCUT2D eigenvalue weighted by Gasteiger charge is 2.17. The second kappa shape index (κ2) is 8.83. The van der Waals surface area contributed by atoms with Crippen LogP contribution in [0.5, 0.6) is 11.5 Å². The van der Waals surface area contributed by atoms with Gasteiger partial charge in [0.15, 0.2) is 11.5 Å². The highest BCUT2D eigenvalue weighted by Crippen LogP contribution is 2.35. The van der Waals surface area contributed by atoms with Crippen molar-refractivity contribution in [3.63, 3.8) is 0 Å². The Bertz CT molecular complexity index is 1100. The second-order valence-corrected chi connectivity index (χ2v) is 6.31. The van der Waals surface area contributed by atoms with Gasteiger partial charge in [-0.15, -0.1) is 0 Å². The number of carbonyl (C=O) groups excluding carboxylic acids is 2. The fraction of sp³-hybridized carbons (Fsp3) is 0.200. The molecule has 0 aliphatic carbocycles. The first-order valence-electron chi connectivity index (χ1n) is 8.58. The number of esters is 2. The number of fused-ring (bicyclic) bond motifs is 1. The van der Waals surface area contributed by atoms with Crippen LogP contribution in [0.25, 0.3) is 10.9 Å². The predicted octanol–water partition coefficient (Wildman–Crippen LogP) is 3.62. The predicted molar refractivity (Wildman–Crippen MR) is 110 cm³/mol. The van der Waals surface area contributed by atoms with E-state index in [1.165, 1.54) is 46.6 Å². The van der Waals surface area contributed by atoms with E-state index in [2.05, 4.69) is 15.3 Å². The number of methoxy groups -OCH3 is 4. The van der Waals surface area contributed by atoms with E-state index in [-0.39, 0.29) is 16.4 Å². The lowest BCUT2D eigenvalue weighted by Crippen LogP contribution is -2.08. The molecule has 0 aliphatic heterocycles. The number of carbonyl (C=O) groups is 2. The maximum absolute atomic E-state index is 12.0. The van der Waals surface area contributed by atoms with Gasteiger partial charge in [-0.3, -0.25) is 0 Å². The summed E-state index contributed by atoms with van der Waals surface area (Å²) < 4.78 is 20.2. The van der Waals surface area contributed by atoms with Gasteiger partial charge in [0.25, 0.3) is 0 Å². The number of hydrogen-bond donors (Lipinski definition) is 1. The van der Waals surface area contributed by atoms with Crippen molar-refractivity contribution in [2.45, 2.75) is 0 Å². The molecule has 0 fully saturated rings. The SMILES string of the molecule is COC(=O)c1cc(Nc2nc(Cl)nc3cc(OC)c(OC)cc23)cc(C(=O)OC)c1. The zero-order chi connectivity index (χ0) is 21.8. The van der Waals surface area contributed by atoms with Crippen LogP contribution >= 0.6 is 11.6 Å². The molecule has 0 unspecified atom stereocenters. The van der Waals surface area contributed by atoms with Gasteiger partial charge in [0, 0.05) is 17.1 Å². The number of aromatic nitrogens is 2. The van der Waals surface area contributed by atoms with Crippen LogP contribution < -0.4 is 14.8 Å². The van der Waals surface area contributed by atoms with Gasteiger partial charge < -0.3 is 24.3 Å². The Balaban J connectivity index is 2.15. The Morgan fingerprint density at radius 3 is 1.93 bits per heavy atom. The molecule has 0 saturated carbocycles. The maximum Gasteiger partial charge on any atom is 0.337 e. The second-order valence-electron chi connectivity index (χ2n) is 5.97. The average molecular weight is 432 g/mol.